The number of aryl methyl sites for hydroxylation is 1. The molecule has 2 rings (SSSR count). The van der Waals surface area contributed by atoms with Crippen molar-refractivity contribution < 1.29 is 13.6 Å². The normalized spacial score (nSPS) is 12.2. The van der Waals surface area contributed by atoms with E-state index in [2.05, 4.69) is 10.3 Å². The van der Waals surface area contributed by atoms with Crippen molar-refractivity contribution in [2.45, 2.75) is 26.3 Å². The quantitative estimate of drug-likeness (QED) is 0.885. The van der Waals surface area contributed by atoms with Gasteiger partial charge >= 0.3 is 0 Å². The van der Waals surface area contributed by atoms with Gasteiger partial charge in [-0.3, -0.25) is 4.79 Å². The van der Waals surface area contributed by atoms with Gasteiger partial charge in [0.1, 0.15) is 11.6 Å². The standard InChI is InChI=1S/C15H16F2N2O/c1-3-14-12(6-7-18-14)15(20)19-9(2)11-5-4-10(16)8-13(11)17/h4-9,18H,3H2,1-2H3,(H,19,20). The number of amides is 1. The highest BCUT2D eigenvalue weighted by molar-refractivity contribution is 5.95. The molecule has 106 valence electrons. The molecule has 0 radical (unpaired) electrons. The van der Waals surface area contributed by atoms with E-state index in [1.54, 1.807) is 19.2 Å². The molecule has 1 aromatic carbocycles. The summed E-state index contributed by atoms with van der Waals surface area (Å²) >= 11 is 0. The molecule has 0 aliphatic heterocycles. The van der Waals surface area contributed by atoms with E-state index in [-0.39, 0.29) is 11.5 Å². The Kier molecular flexibility index (Phi) is 4.17. The molecule has 3 nitrogen and oxygen atoms in total. The van der Waals surface area contributed by atoms with Gasteiger partial charge in [-0.15, -0.1) is 0 Å². The fourth-order valence-electron chi connectivity index (χ4n) is 2.11. The molecule has 0 saturated carbocycles. The average Bonchev–Trinajstić information content (AvgIpc) is 2.86. The second-order valence-corrected chi connectivity index (χ2v) is 4.58. The number of carbonyl (C=O) groups is 1. The molecular formula is C15H16F2N2O. The Morgan fingerprint density at radius 3 is 2.75 bits per heavy atom. The maximum atomic E-state index is 13.6. The number of hydrogen-bond donors (Lipinski definition) is 2. The van der Waals surface area contributed by atoms with E-state index in [1.165, 1.54) is 12.1 Å². The first-order valence-electron chi connectivity index (χ1n) is 6.45. The summed E-state index contributed by atoms with van der Waals surface area (Å²) < 4.78 is 26.5. The molecule has 0 bridgehead atoms. The molecule has 0 saturated heterocycles. The second-order valence-electron chi connectivity index (χ2n) is 4.58. The predicted molar refractivity (Wildman–Crippen MR) is 72.4 cm³/mol. The van der Waals surface area contributed by atoms with E-state index >= 15 is 0 Å². The van der Waals surface area contributed by atoms with Crippen molar-refractivity contribution in [3.63, 3.8) is 0 Å². The number of benzene rings is 1. The lowest BCUT2D eigenvalue weighted by Gasteiger charge is -2.15. The van der Waals surface area contributed by atoms with Crippen molar-refractivity contribution in [1.82, 2.24) is 10.3 Å². The summed E-state index contributed by atoms with van der Waals surface area (Å²) in [5, 5.41) is 2.71. The molecule has 0 aliphatic carbocycles. The fourth-order valence-corrected chi connectivity index (χ4v) is 2.11. The van der Waals surface area contributed by atoms with Crippen LogP contribution < -0.4 is 5.32 Å². The number of nitrogens with one attached hydrogen (secondary N) is 2. The highest BCUT2D eigenvalue weighted by atomic mass is 19.1. The third-order valence-corrected chi connectivity index (χ3v) is 3.21. The van der Waals surface area contributed by atoms with E-state index in [0.29, 0.717) is 12.0 Å². The second kappa shape index (κ2) is 5.86. The highest BCUT2D eigenvalue weighted by Gasteiger charge is 2.17. The van der Waals surface area contributed by atoms with Crippen LogP contribution in [0.2, 0.25) is 0 Å². The van der Waals surface area contributed by atoms with Crippen molar-refractivity contribution in [3.8, 4) is 0 Å². The lowest BCUT2D eigenvalue weighted by atomic mass is 10.1. The minimum absolute atomic E-state index is 0.258. The van der Waals surface area contributed by atoms with Gasteiger partial charge in [-0.1, -0.05) is 13.0 Å². The van der Waals surface area contributed by atoms with Gasteiger partial charge in [0.2, 0.25) is 0 Å². The minimum atomic E-state index is -0.664. The highest BCUT2D eigenvalue weighted by Crippen LogP contribution is 2.18. The number of H-pyrrole nitrogens is 1. The third-order valence-electron chi connectivity index (χ3n) is 3.21. The Labute approximate surface area is 116 Å². The van der Waals surface area contributed by atoms with Gasteiger partial charge in [-0.2, -0.15) is 0 Å². The largest absolute Gasteiger partial charge is 0.364 e. The van der Waals surface area contributed by atoms with E-state index in [4.69, 9.17) is 0 Å². The van der Waals surface area contributed by atoms with Crippen molar-refractivity contribution in [2.24, 2.45) is 0 Å². The van der Waals surface area contributed by atoms with Gasteiger partial charge in [0, 0.05) is 23.5 Å². The van der Waals surface area contributed by atoms with Crippen LogP contribution in [0.3, 0.4) is 0 Å². The zero-order valence-electron chi connectivity index (χ0n) is 11.3. The molecule has 1 aromatic heterocycles. The number of aromatic nitrogens is 1. The first kappa shape index (κ1) is 14.2. The lowest BCUT2D eigenvalue weighted by Crippen LogP contribution is -2.27. The predicted octanol–water partition coefficient (Wildman–Crippen LogP) is 3.35. The van der Waals surface area contributed by atoms with Crippen LogP contribution in [-0.4, -0.2) is 10.9 Å². The van der Waals surface area contributed by atoms with Crippen LogP contribution in [-0.2, 0) is 6.42 Å². The van der Waals surface area contributed by atoms with E-state index < -0.39 is 17.7 Å². The molecule has 1 heterocycles. The molecule has 5 heteroatoms. The Balaban J connectivity index is 2.15. The number of hydrogen-bond acceptors (Lipinski definition) is 1. The molecular weight excluding hydrogens is 262 g/mol. The van der Waals surface area contributed by atoms with E-state index in [0.717, 1.165) is 11.8 Å². The number of aromatic amines is 1. The Morgan fingerprint density at radius 1 is 1.35 bits per heavy atom. The summed E-state index contributed by atoms with van der Waals surface area (Å²) in [7, 11) is 0. The zero-order valence-corrected chi connectivity index (χ0v) is 11.3. The molecule has 0 aliphatic rings. The number of carbonyl (C=O) groups excluding carboxylic acids is 1. The summed E-state index contributed by atoms with van der Waals surface area (Å²) in [5.41, 5.74) is 1.63. The van der Waals surface area contributed by atoms with Crippen LogP contribution in [0.1, 0.15) is 41.5 Å². The topological polar surface area (TPSA) is 44.9 Å². The van der Waals surface area contributed by atoms with E-state index in [9.17, 15) is 13.6 Å². The molecule has 0 spiro atoms. The molecule has 2 N–H and O–H groups in total. The van der Waals surface area contributed by atoms with Gasteiger partial charge < -0.3 is 10.3 Å². The van der Waals surface area contributed by atoms with Crippen LogP contribution in [0, 0.1) is 11.6 Å². The van der Waals surface area contributed by atoms with Crippen LogP contribution in [0.25, 0.3) is 0 Å². The van der Waals surface area contributed by atoms with Gasteiger partial charge in [0.15, 0.2) is 0 Å². The molecule has 20 heavy (non-hydrogen) atoms. The maximum Gasteiger partial charge on any atom is 0.253 e. The summed E-state index contributed by atoms with van der Waals surface area (Å²) in [6.45, 7) is 3.60. The van der Waals surface area contributed by atoms with Crippen molar-refractivity contribution in [3.05, 3.63) is 58.9 Å². The molecule has 2 aromatic rings. The Morgan fingerprint density at radius 2 is 2.10 bits per heavy atom. The van der Waals surface area contributed by atoms with Crippen LogP contribution >= 0.6 is 0 Å². The first-order valence-corrected chi connectivity index (χ1v) is 6.45. The SMILES string of the molecule is CCc1[nH]ccc1C(=O)NC(C)c1ccc(F)cc1F. The van der Waals surface area contributed by atoms with Gasteiger partial charge in [-0.05, 0) is 25.5 Å². The van der Waals surface area contributed by atoms with E-state index in [1.807, 2.05) is 6.92 Å². The van der Waals surface area contributed by atoms with Gasteiger partial charge in [-0.25, -0.2) is 8.78 Å². The van der Waals surface area contributed by atoms with Crippen LogP contribution in [0.15, 0.2) is 30.5 Å². The fraction of sp³-hybridized carbons (Fsp3) is 0.267. The lowest BCUT2D eigenvalue weighted by molar-refractivity contribution is 0.0938. The monoisotopic (exact) mass is 278 g/mol. The minimum Gasteiger partial charge on any atom is -0.364 e. The van der Waals surface area contributed by atoms with Crippen molar-refractivity contribution >= 4 is 5.91 Å². The van der Waals surface area contributed by atoms with Crippen LogP contribution in [0.4, 0.5) is 8.78 Å². The molecule has 1 amide bonds. The smallest absolute Gasteiger partial charge is 0.253 e. The number of rotatable bonds is 4. The molecule has 0 fully saturated rings. The summed E-state index contributed by atoms with van der Waals surface area (Å²) in [6.07, 6.45) is 2.39. The molecule has 1 atom stereocenters. The number of halogens is 2. The summed E-state index contributed by atoms with van der Waals surface area (Å²) in [5.74, 6) is -1.58. The third kappa shape index (κ3) is 2.87. The molecule has 1 unspecified atom stereocenters. The van der Waals surface area contributed by atoms with Gasteiger partial charge in [0.25, 0.3) is 5.91 Å². The average molecular weight is 278 g/mol. The van der Waals surface area contributed by atoms with Crippen molar-refractivity contribution in [2.75, 3.05) is 0 Å². The maximum absolute atomic E-state index is 13.6. The van der Waals surface area contributed by atoms with Crippen LogP contribution in [0.5, 0.6) is 0 Å². The zero-order chi connectivity index (χ0) is 14.7. The summed E-state index contributed by atoms with van der Waals surface area (Å²) in [4.78, 5) is 15.1. The Hall–Kier alpha value is -2.17. The first-order chi connectivity index (χ1) is 9.52. The Bertz CT molecular complexity index is 622. The summed E-state index contributed by atoms with van der Waals surface area (Å²) in [6, 6.07) is 4.47. The van der Waals surface area contributed by atoms with Gasteiger partial charge in [0.05, 0.1) is 11.6 Å². The van der Waals surface area contributed by atoms with Crippen molar-refractivity contribution in [1.29, 1.82) is 0 Å².